The maximum absolute atomic E-state index is 12.5. The van der Waals surface area contributed by atoms with Gasteiger partial charge in [0.2, 0.25) is 0 Å². The number of ether oxygens (including phenoxy) is 2. The van der Waals surface area contributed by atoms with Crippen molar-refractivity contribution in [2.75, 3.05) is 25.7 Å². The third-order valence-electron chi connectivity index (χ3n) is 4.36. The Morgan fingerprint density at radius 2 is 2.00 bits per heavy atom. The first kappa shape index (κ1) is 19.2. The molecule has 1 aliphatic rings. The molecule has 1 saturated heterocycles. The molecule has 0 aliphatic carbocycles. The van der Waals surface area contributed by atoms with E-state index in [2.05, 4.69) is 4.74 Å². The zero-order valence-corrected chi connectivity index (χ0v) is 15.6. The van der Waals surface area contributed by atoms with Gasteiger partial charge in [-0.15, -0.1) is 0 Å². The third kappa shape index (κ3) is 4.50. The normalized spacial score (nSPS) is 19.9. The van der Waals surface area contributed by atoms with Gasteiger partial charge in [0.25, 0.3) is 5.91 Å². The molecule has 7 nitrogen and oxygen atoms in total. The molecule has 1 heterocycles. The van der Waals surface area contributed by atoms with Gasteiger partial charge in [0.1, 0.15) is 5.75 Å². The summed E-state index contributed by atoms with van der Waals surface area (Å²) in [7, 11) is -0.190. The highest BCUT2D eigenvalue weighted by atomic mass is 32.2. The van der Waals surface area contributed by atoms with E-state index < -0.39 is 21.9 Å². The third-order valence-corrected chi connectivity index (χ3v) is 6.11. The van der Waals surface area contributed by atoms with E-state index in [9.17, 15) is 18.0 Å². The van der Waals surface area contributed by atoms with Gasteiger partial charge in [0.15, 0.2) is 15.9 Å². The van der Waals surface area contributed by atoms with Gasteiger partial charge >= 0.3 is 5.97 Å². The Morgan fingerprint density at radius 1 is 1.32 bits per heavy atom. The van der Waals surface area contributed by atoms with Gasteiger partial charge in [0.05, 0.1) is 24.2 Å². The monoisotopic (exact) mass is 369 g/mol. The highest BCUT2D eigenvalue weighted by molar-refractivity contribution is 7.91. The summed E-state index contributed by atoms with van der Waals surface area (Å²) < 4.78 is 33.6. The molecule has 138 valence electrons. The average molecular weight is 369 g/mol. The highest BCUT2D eigenvalue weighted by Gasteiger charge is 2.34. The molecule has 2 atom stereocenters. The molecular weight excluding hydrogens is 346 g/mol. The number of carbonyl (C=O) groups excluding carboxylic acids is 2. The Kier molecular flexibility index (Phi) is 5.72. The summed E-state index contributed by atoms with van der Waals surface area (Å²) in [6.45, 7) is 3.41. The van der Waals surface area contributed by atoms with E-state index in [1.165, 1.54) is 18.1 Å². The SMILES string of the molecule is COC(=O)c1ccc(C)c(O[C@@H](C)C(=O)N(C)[C@H]2CCS(=O)(=O)C2)c1. The number of hydrogen-bond donors (Lipinski definition) is 0. The van der Waals surface area contributed by atoms with E-state index in [1.54, 1.807) is 33.0 Å². The van der Waals surface area contributed by atoms with Crippen molar-refractivity contribution in [3.63, 3.8) is 0 Å². The summed E-state index contributed by atoms with van der Waals surface area (Å²) in [6, 6.07) is 4.54. The van der Waals surface area contributed by atoms with Crippen LogP contribution in [-0.4, -0.2) is 63.0 Å². The van der Waals surface area contributed by atoms with E-state index in [0.717, 1.165) is 5.56 Å². The number of hydrogen-bond acceptors (Lipinski definition) is 6. The van der Waals surface area contributed by atoms with Gasteiger partial charge in [-0.25, -0.2) is 13.2 Å². The Bertz CT molecular complexity index is 773. The average Bonchev–Trinajstić information content (AvgIpc) is 2.94. The van der Waals surface area contributed by atoms with Crippen LogP contribution in [0.5, 0.6) is 5.75 Å². The van der Waals surface area contributed by atoms with E-state index in [4.69, 9.17) is 4.74 Å². The van der Waals surface area contributed by atoms with Gasteiger partial charge in [0, 0.05) is 13.1 Å². The summed E-state index contributed by atoms with van der Waals surface area (Å²) in [5.74, 6) is -0.290. The molecule has 1 fully saturated rings. The summed E-state index contributed by atoms with van der Waals surface area (Å²) in [5, 5.41) is 0. The number of carbonyl (C=O) groups is 2. The van der Waals surface area contributed by atoms with E-state index in [-0.39, 0.29) is 23.5 Å². The van der Waals surface area contributed by atoms with Crippen molar-refractivity contribution in [3.05, 3.63) is 29.3 Å². The van der Waals surface area contributed by atoms with Crippen molar-refractivity contribution >= 4 is 21.7 Å². The number of sulfone groups is 1. The maximum atomic E-state index is 12.5. The maximum Gasteiger partial charge on any atom is 0.337 e. The fraction of sp³-hybridized carbons (Fsp3) is 0.529. The fourth-order valence-electron chi connectivity index (χ4n) is 2.76. The topological polar surface area (TPSA) is 90.0 Å². The first-order valence-corrected chi connectivity index (χ1v) is 9.79. The predicted octanol–water partition coefficient (Wildman–Crippen LogP) is 1.19. The van der Waals surface area contributed by atoms with Gasteiger partial charge in [-0.2, -0.15) is 0 Å². The van der Waals surface area contributed by atoms with Crippen LogP contribution in [0.15, 0.2) is 18.2 Å². The molecule has 1 aromatic carbocycles. The zero-order chi connectivity index (χ0) is 18.8. The van der Waals surface area contributed by atoms with Crippen molar-refractivity contribution in [2.45, 2.75) is 32.4 Å². The van der Waals surface area contributed by atoms with Gasteiger partial charge in [-0.1, -0.05) is 6.07 Å². The quantitative estimate of drug-likeness (QED) is 0.725. The molecule has 0 saturated carbocycles. The van der Waals surface area contributed by atoms with Crippen LogP contribution in [0.4, 0.5) is 0 Å². The molecule has 0 bridgehead atoms. The molecule has 0 aromatic heterocycles. The van der Waals surface area contributed by atoms with Crippen molar-refractivity contribution < 1.29 is 27.5 Å². The highest BCUT2D eigenvalue weighted by Crippen LogP contribution is 2.23. The molecule has 2 rings (SSSR count). The van der Waals surface area contributed by atoms with Crippen LogP contribution < -0.4 is 4.74 Å². The van der Waals surface area contributed by atoms with Crippen LogP contribution in [0.3, 0.4) is 0 Å². The van der Waals surface area contributed by atoms with Crippen LogP contribution >= 0.6 is 0 Å². The number of likely N-dealkylation sites (N-methyl/N-ethyl adjacent to an activating group) is 1. The molecular formula is C17H23NO6S. The Morgan fingerprint density at radius 3 is 2.56 bits per heavy atom. The number of methoxy groups -OCH3 is 1. The minimum absolute atomic E-state index is 0.0151. The van der Waals surface area contributed by atoms with Crippen molar-refractivity contribution in [2.24, 2.45) is 0 Å². The van der Waals surface area contributed by atoms with Crippen LogP contribution in [0.25, 0.3) is 0 Å². The standard InChI is InChI=1S/C17H23NO6S/c1-11-5-6-13(17(20)23-4)9-15(11)24-12(2)16(19)18(3)14-7-8-25(21,22)10-14/h5-6,9,12,14H,7-8,10H2,1-4H3/t12-,14-/m0/s1. The number of amides is 1. The van der Waals surface area contributed by atoms with E-state index in [1.807, 2.05) is 0 Å². The van der Waals surface area contributed by atoms with Crippen LogP contribution in [0.1, 0.15) is 29.3 Å². The second-order valence-electron chi connectivity index (χ2n) is 6.24. The van der Waals surface area contributed by atoms with Crippen LogP contribution in [0.2, 0.25) is 0 Å². The van der Waals surface area contributed by atoms with Crippen molar-refractivity contribution in [1.82, 2.24) is 4.90 Å². The second kappa shape index (κ2) is 7.43. The smallest absolute Gasteiger partial charge is 0.337 e. The van der Waals surface area contributed by atoms with Crippen molar-refractivity contribution in [1.29, 1.82) is 0 Å². The molecule has 1 amide bonds. The lowest BCUT2D eigenvalue weighted by molar-refractivity contribution is -0.138. The second-order valence-corrected chi connectivity index (χ2v) is 8.47. The van der Waals surface area contributed by atoms with Crippen molar-refractivity contribution in [3.8, 4) is 5.75 Å². The Hall–Kier alpha value is -2.09. The molecule has 0 spiro atoms. The number of nitrogens with zero attached hydrogens (tertiary/aromatic N) is 1. The Labute approximate surface area is 147 Å². The first-order chi connectivity index (χ1) is 11.6. The molecule has 0 radical (unpaired) electrons. The summed E-state index contributed by atoms with van der Waals surface area (Å²) in [6.07, 6.45) is -0.367. The largest absolute Gasteiger partial charge is 0.481 e. The van der Waals surface area contributed by atoms with E-state index >= 15 is 0 Å². The number of rotatable bonds is 5. The number of aryl methyl sites for hydroxylation is 1. The van der Waals surface area contributed by atoms with Gasteiger partial charge < -0.3 is 14.4 Å². The Balaban J connectivity index is 2.09. The summed E-state index contributed by atoms with van der Waals surface area (Å²) >= 11 is 0. The molecule has 0 N–H and O–H groups in total. The fourth-order valence-corrected chi connectivity index (χ4v) is 4.53. The van der Waals surface area contributed by atoms with Crippen LogP contribution in [-0.2, 0) is 19.4 Å². The lowest BCUT2D eigenvalue weighted by Gasteiger charge is -2.27. The minimum atomic E-state index is -3.07. The van der Waals surface area contributed by atoms with Gasteiger partial charge in [-0.3, -0.25) is 4.79 Å². The summed E-state index contributed by atoms with van der Waals surface area (Å²) in [5.41, 5.74) is 1.11. The minimum Gasteiger partial charge on any atom is -0.481 e. The lowest BCUT2D eigenvalue weighted by Crippen LogP contribution is -2.44. The molecule has 25 heavy (non-hydrogen) atoms. The zero-order valence-electron chi connectivity index (χ0n) is 14.8. The summed E-state index contributed by atoms with van der Waals surface area (Å²) in [4.78, 5) is 25.6. The van der Waals surface area contributed by atoms with E-state index in [0.29, 0.717) is 17.7 Å². The lowest BCUT2D eigenvalue weighted by atomic mass is 10.1. The predicted molar refractivity (Wildman–Crippen MR) is 92.4 cm³/mol. The molecule has 1 aliphatic heterocycles. The number of benzene rings is 1. The molecule has 1 aromatic rings. The number of esters is 1. The molecule has 0 unspecified atom stereocenters. The van der Waals surface area contributed by atoms with Gasteiger partial charge in [-0.05, 0) is 38.0 Å². The van der Waals surface area contributed by atoms with Crippen LogP contribution in [0, 0.1) is 6.92 Å². The first-order valence-electron chi connectivity index (χ1n) is 7.97. The molecule has 8 heteroatoms.